The molecule has 2 aromatic carbocycles. The zero-order valence-corrected chi connectivity index (χ0v) is 47.1. The Balaban J connectivity index is 0. The second-order valence-corrected chi connectivity index (χ2v) is 17.9. The monoisotopic (exact) mass is 1390 g/mol. The van der Waals surface area contributed by atoms with Crippen LogP contribution in [-0.2, 0) is 109 Å². The number of ether oxygens (including phenoxy) is 6. The van der Waals surface area contributed by atoms with E-state index < -0.39 is 138 Å². The standard InChI is InChI=1S/C44H50NO16.C3H4O4.2CH3.2H2N.Pt.W/c1-23-28(58-40(54)36(59-33(52)18-32(50)51)35(45-22-46)26-13-9-7-10-14-26)20-44(55)38(60-39(53)27-15-11-8-12-16-27)37-42(6,19-29(57-24(2)47)34(23)41(44,4)5)30(49)17-31-43(37,21-56-31)61-25(3)48;4-2(5)1-3(6)7;;;;;;/h7-16,28-31,35-38,49,55H,17-21H2,1-6H3,(H,45,46)(H,50,51);1H2,(H,4,5)(H,6,7);2*1H3;2*1H2;;/q-1;;4*-1;+4;/t28-,29-,30-,31+,35+,36-,37-,38-,42+,43-,44+;;;;;;;/m0......./s1. The van der Waals surface area contributed by atoms with E-state index in [0.717, 1.165) is 0 Å². The van der Waals surface area contributed by atoms with Crippen LogP contribution in [0.5, 0.6) is 0 Å². The minimum absolute atomic E-state index is 0. The van der Waals surface area contributed by atoms with Crippen LogP contribution in [0.2, 0.25) is 0 Å². The maximum absolute atomic E-state index is 14.5. The Kier molecular flexibility index (Phi) is 27.2. The summed E-state index contributed by atoms with van der Waals surface area (Å²) in [5.74, 6) is -10.4. The smallest absolute Gasteiger partial charge is 0.693 e. The molecule has 2 aromatic rings. The van der Waals surface area contributed by atoms with Crippen molar-refractivity contribution in [2.45, 2.75) is 128 Å². The van der Waals surface area contributed by atoms with Crippen LogP contribution in [0.25, 0.3) is 12.3 Å². The fourth-order valence-electron chi connectivity index (χ4n) is 10.3. The van der Waals surface area contributed by atoms with Gasteiger partial charge < -0.3 is 91.2 Å². The van der Waals surface area contributed by atoms with Gasteiger partial charge in [0, 0.05) is 58.6 Å². The van der Waals surface area contributed by atoms with Crippen molar-refractivity contribution in [2.24, 2.45) is 16.7 Å². The number of hydrogen-bond acceptors (Lipinski definition) is 17. The molecule has 25 heteroatoms. The van der Waals surface area contributed by atoms with Gasteiger partial charge in [0.05, 0.1) is 30.2 Å². The Morgan fingerprint density at radius 2 is 1.34 bits per heavy atom. The first-order valence-corrected chi connectivity index (χ1v) is 21.4. The number of aliphatic carboxylic acids is 3. The Labute approximate surface area is 457 Å². The van der Waals surface area contributed by atoms with Crippen LogP contribution in [-0.4, -0.2) is 134 Å². The first-order valence-electron chi connectivity index (χ1n) is 21.4. The van der Waals surface area contributed by atoms with E-state index in [1.165, 1.54) is 44.5 Å². The van der Waals surface area contributed by atoms with E-state index in [1.54, 1.807) is 64.1 Å². The average molecular weight is 1390 g/mol. The number of rotatable bonds is 15. The molecule has 412 valence electrons. The van der Waals surface area contributed by atoms with Crippen molar-refractivity contribution in [1.82, 2.24) is 5.32 Å². The van der Waals surface area contributed by atoms with Crippen molar-refractivity contribution >= 4 is 54.2 Å². The Morgan fingerprint density at radius 1 is 0.797 bits per heavy atom. The number of carbonyl (C=O) groups is 8. The number of aliphatic hydroxyl groups is 2. The molecule has 0 unspecified atom stereocenters. The van der Waals surface area contributed by atoms with E-state index in [2.05, 4.69) is 5.32 Å². The summed E-state index contributed by atoms with van der Waals surface area (Å²) in [6.45, 7) is 8.73. The van der Waals surface area contributed by atoms with Crippen LogP contribution in [0, 0.1) is 31.6 Å². The summed E-state index contributed by atoms with van der Waals surface area (Å²) in [6.07, 6.45) is -9.71. The Hall–Kier alpha value is -5.41. The molecule has 0 aromatic heterocycles. The number of amides is 1. The Bertz CT molecular complexity index is 2330. The molecule has 23 nitrogen and oxygen atoms in total. The molecule has 6 rings (SSSR count). The third kappa shape index (κ3) is 14.7. The number of benzene rings is 2. The van der Waals surface area contributed by atoms with Gasteiger partial charge in [0.25, 0.3) is 0 Å². The van der Waals surface area contributed by atoms with Gasteiger partial charge in [-0.05, 0) is 42.2 Å². The SMILES string of the molecule is CC(=O)O[C@H]1C[C@]2(C)[C@@H](O)C[C@H]3OC[C@@]3(OC(C)=O)[C@H]2[C@H](OC(=O)c2ccccc2)[C@]2(O)C[C@H](OC(=O)[C@@H](OC(=O)CC(=O)O)[C@H](N[C-]=O)c3ccccc3)C(C)=C1C2(C)C.O=C(O)CC(=O)O.[CH3-].[CH3-].[NH2-].[NH2-].[Pt+4].[W]. The molecule has 0 spiro atoms. The van der Waals surface area contributed by atoms with Crippen LogP contribution in [0.1, 0.15) is 95.6 Å². The average Bonchev–Trinajstić information content (AvgIpc) is 3.23. The summed E-state index contributed by atoms with van der Waals surface area (Å²) in [5.41, 5.74) is -5.95. The topological polar surface area (TPSA) is 389 Å². The molecule has 0 radical (unpaired) electrons. The van der Waals surface area contributed by atoms with Crippen molar-refractivity contribution < 1.29 is 139 Å². The number of carboxylic acid groups (broad SMARTS) is 3. The van der Waals surface area contributed by atoms with Crippen molar-refractivity contribution in [3.63, 3.8) is 0 Å². The summed E-state index contributed by atoms with van der Waals surface area (Å²) in [5, 5.41) is 52.8. The van der Waals surface area contributed by atoms with Crippen LogP contribution in [0.4, 0.5) is 0 Å². The van der Waals surface area contributed by atoms with Gasteiger partial charge in [-0.15, -0.1) is 0 Å². The van der Waals surface area contributed by atoms with E-state index >= 15 is 0 Å². The third-order valence-electron chi connectivity index (χ3n) is 13.3. The molecule has 3 fully saturated rings. The molecule has 3 aliphatic carbocycles. The van der Waals surface area contributed by atoms with Crippen LogP contribution < -0.4 is 5.32 Å². The first-order chi connectivity index (χ1) is 31.8. The molecular weight excluding hydrogens is 1330 g/mol. The maximum atomic E-state index is 14.5. The zero-order chi connectivity index (χ0) is 50.5. The van der Waals surface area contributed by atoms with Crippen molar-refractivity contribution in [2.75, 3.05) is 6.61 Å². The van der Waals surface area contributed by atoms with Gasteiger partial charge in [0.2, 0.25) is 6.10 Å². The van der Waals surface area contributed by atoms with E-state index in [0.29, 0.717) is 0 Å². The maximum Gasteiger partial charge on any atom is 4.00 e. The summed E-state index contributed by atoms with van der Waals surface area (Å²) in [7, 11) is 0. The second kappa shape index (κ2) is 28.5. The quantitative estimate of drug-likeness (QED) is 0.0352. The third-order valence-corrected chi connectivity index (χ3v) is 13.3. The van der Waals surface area contributed by atoms with Gasteiger partial charge in [-0.3, -0.25) is 28.8 Å². The number of nitrogens with one attached hydrogen (secondary N) is 1. The van der Waals surface area contributed by atoms with E-state index in [-0.39, 0.29) is 111 Å². The van der Waals surface area contributed by atoms with Gasteiger partial charge in [-0.2, -0.15) is 6.41 Å². The van der Waals surface area contributed by atoms with Gasteiger partial charge in [0.1, 0.15) is 42.9 Å². The molecule has 1 heterocycles. The number of nitrogens with two attached hydrogens (primary N) is 2. The first kappa shape index (κ1) is 70.7. The normalized spacial score (nSPS) is 27.1. The summed E-state index contributed by atoms with van der Waals surface area (Å²) in [6, 6.07) is 14.3. The van der Waals surface area contributed by atoms with Crippen LogP contribution in [0.15, 0.2) is 71.8 Å². The molecule has 2 saturated carbocycles. The van der Waals surface area contributed by atoms with Crippen molar-refractivity contribution in [1.29, 1.82) is 0 Å². The molecule has 2 bridgehead atoms. The van der Waals surface area contributed by atoms with E-state index in [4.69, 9.17) is 38.6 Å². The number of hydrogen-bond donors (Lipinski definition) is 6. The Morgan fingerprint density at radius 3 is 1.80 bits per heavy atom. The molecule has 1 saturated heterocycles. The number of esters is 5. The minimum atomic E-state index is -2.32. The predicted octanol–water partition coefficient (Wildman–Crippen LogP) is 4.68. The zero-order valence-electron chi connectivity index (χ0n) is 41.9. The van der Waals surface area contributed by atoms with Crippen LogP contribution >= 0.6 is 0 Å². The van der Waals surface area contributed by atoms with Gasteiger partial charge >= 0.3 is 68.8 Å². The fourth-order valence-corrected chi connectivity index (χ4v) is 10.3. The van der Waals surface area contributed by atoms with Gasteiger partial charge in [0.15, 0.2) is 5.60 Å². The molecule has 1 amide bonds. The van der Waals surface area contributed by atoms with Gasteiger partial charge in [-0.25, -0.2) is 9.59 Å². The van der Waals surface area contributed by atoms with Crippen molar-refractivity contribution in [3.05, 3.63) is 110 Å². The largest absolute Gasteiger partial charge is 4.00 e. The van der Waals surface area contributed by atoms with E-state index in [1.807, 2.05) is 0 Å². The molecule has 1 aliphatic heterocycles. The summed E-state index contributed by atoms with van der Waals surface area (Å²) >= 11 is 0. The summed E-state index contributed by atoms with van der Waals surface area (Å²) < 4.78 is 36.1. The molecule has 74 heavy (non-hydrogen) atoms. The van der Waals surface area contributed by atoms with Crippen molar-refractivity contribution in [3.8, 4) is 0 Å². The van der Waals surface area contributed by atoms with Gasteiger partial charge in [-0.1, -0.05) is 69.3 Å². The molecular formula is C49H64N3O20PtW-. The second-order valence-electron chi connectivity index (χ2n) is 17.9. The minimum Gasteiger partial charge on any atom is -0.693 e. The summed E-state index contributed by atoms with van der Waals surface area (Å²) in [4.78, 5) is 110. The number of carboxylic acids is 3. The van der Waals surface area contributed by atoms with Crippen LogP contribution in [0.3, 0.4) is 0 Å². The number of aliphatic hydroxyl groups excluding tert-OH is 1. The predicted molar refractivity (Wildman–Crippen MR) is 252 cm³/mol. The number of fused-ring (bicyclic) bond motifs is 5. The number of carbonyl (C=O) groups excluding carboxylic acids is 6. The molecule has 11 atom stereocenters. The van der Waals surface area contributed by atoms with E-state index in [9.17, 15) is 58.5 Å². The molecule has 4 aliphatic rings. The molecule has 10 N–H and O–H groups in total. The fraction of sp³-hybridized carbons (Fsp3) is 0.490.